The van der Waals surface area contributed by atoms with Crippen LogP contribution in [-0.4, -0.2) is 12.6 Å². The molecule has 1 saturated carbocycles. The third-order valence-corrected chi connectivity index (χ3v) is 4.78. The molecule has 0 aliphatic heterocycles. The van der Waals surface area contributed by atoms with Gasteiger partial charge in [-0.3, -0.25) is 0 Å². The number of hydrogen-bond donors (Lipinski definition) is 1. The molecule has 0 unspecified atom stereocenters. The highest BCUT2D eigenvalue weighted by atomic mass is 14.9. The molecule has 1 fully saturated rings. The van der Waals surface area contributed by atoms with Gasteiger partial charge in [-0.2, -0.15) is 0 Å². The van der Waals surface area contributed by atoms with Crippen molar-refractivity contribution in [1.82, 2.24) is 5.32 Å². The summed E-state index contributed by atoms with van der Waals surface area (Å²) >= 11 is 0. The minimum Gasteiger partial charge on any atom is -0.314 e. The van der Waals surface area contributed by atoms with Gasteiger partial charge in [-0.15, -0.1) is 0 Å². The topological polar surface area (TPSA) is 12.0 Å². The minimum absolute atomic E-state index is 0.376. The Bertz CT molecular complexity index is 414. The zero-order valence-electron chi connectivity index (χ0n) is 13.1. The summed E-state index contributed by atoms with van der Waals surface area (Å²) in [5.41, 5.74) is 4.78. The highest BCUT2D eigenvalue weighted by Crippen LogP contribution is 2.39. The average molecular weight is 259 g/mol. The van der Waals surface area contributed by atoms with Crippen LogP contribution in [0.2, 0.25) is 0 Å². The van der Waals surface area contributed by atoms with E-state index in [0.717, 1.165) is 6.54 Å². The second kappa shape index (κ2) is 6.09. The van der Waals surface area contributed by atoms with Crippen LogP contribution in [0, 0.1) is 13.8 Å². The van der Waals surface area contributed by atoms with Gasteiger partial charge in [0.25, 0.3) is 0 Å². The number of nitrogens with one attached hydrogen (secondary N) is 1. The largest absolute Gasteiger partial charge is 0.314 e. The van der Waals surface area contributed by atoms with Crippen LogP contribution >= 0.6 is 0 Å². The van der Waals surface area contributed by atoms with Crippen LogP contribution in [-0.2, 0) is 5.41 Å². The van der Waals surface area contributed by atoms with Crippen LogP contribution in [0.5, 0.6) is 0 Å². The van der Waals surface area contributed by atoms with Gasteiger partial charge < -0.3 is 5.32 Å². The molecule has 2 rings (SSSR count). The summed E-state index contributed by atoms with van der Waals surface area (Å²) in [4.78, 5) is 0. The molecule has 0 heterocycles. The van der Waals surface area contributed by atoms with Crippen LogP contribution < -0.4 is 5.32 Å². The van der Waals surface area contributed by atoms with Crippen LogP contribution in [0.15, 0.2) is 18.2 Å². The SMILES string of the molecule is Cc1ccc(C2(CNC(C)C)CCCCC2)cc1C. The van der Waals surface area contributed by atoms with E-state index >= 15 is 0 Å². The standard InChI is InChI=1S/C18H29N/c1-14(2)19-13-18(10-6-5-7-11-18)17-9-8-15(3)16(4)12-17/h8-9,12,14,19H,5-7,10-11,13H2,1-4H3. The third-order valence-electron chi connectivity index (χ3n) is 4.78. The first-order valence-corrected chi connectivity index (χ1v) is 7.85. The number of rotatable bonds is 4. The number of benzene rings is 1. The van der Waals surface area contributed by atoms with Crippen LogP contribution in [0.25, 0.3) is 0 Å². The van der Waals surface area contributed by atoms with Crippen LogP contribution in [0.1, 0.15) is 62.6 Å². The molecule has 106 valence electrons. The molecule has 1 N–H and O–H groups in total. The molecule has 0 bridgehead atoms. The first-order valence-electron chi connectivity index (χ1n) is 7.85. The molecular weight excluding hydrogens is 230 g/mol. The van der Waals surface area contributed by atoms with E-state index in [1.165, 1.54) is 43.2 Å². The van der Waals surface area contributed by atoms with Gasteiger partial charge in [-0.1, -0.05) is 51.3 Å². The van der Waals surface area contributed by atoms with Gasteiger partial charge in [0.2, 0.25) is 0 Å². The van der Waals surface area contributed by atoms with E-state index in [1.54, 1.807) is 5.56 Å². The molecule has 0 radical (unpaired) electrons. The maximum absolute atomic E-state index is 3.69. The first kappa shape index (κ1) is 14.6. The Morgan fingerprint density at radius 3 is 2.32 bits per heavy atom. The van der Waals surface area contributed by atoms with Gasteiger partial charge in [-0.05, 0) is 43.4 Å². The summed E-state index contributed by atoms with van der Waals surface area (Å²) in [5.74, 6) is 0. The smallest absolute Gasteiger partial charge is 0.00779 e. The van der Waals surface area contributed by atoms with Crippen LogP contribution in [0.4, 0.5) is 0 Å². The summed E-state index contributed by atoms with van der Waals surface area (Å²) < 4.78 is 0. The molecule has 0 amide bonds. The van der Waals surface area contributed by atoms with Gasteiger partial charge in [-0.25, -0.2) is 0 Å². The van der Waals surface area contributed by atoms with Crippen molar-refractivity contribution in [3.63, 3.8) is 0 Å². The van der Waals surface area contributed by atoms with Crippen molar-refractivity contribution in [3.8, 4) is 0 Å². The number of hydrogen-bond acceptors (Lipinski definition) is 1. The van der Waals surface area contributed by atoms with Gasteiger partial charge in [0.1, 0.15) is 0 Å². The van der Waals surface area contributed by atoms with E-state index < -0.39 is 0 Å². The normalized spacial score (nSPS) is 18.8. The summed E-state index contributed by atoms with van der Waals surface area (Å²) in [7, 11) is 0. The number of aryl methyl sites for hydroxylation is 2. The third kappa shape index (κ3) is 3.39. The summed E-state index contributed by atoms with van der Waals surface area (Å²) in [5, 5.41) is 3.69. The van der Waals surface area contributed by atoms with Crippen molar-refractivity contribution >= 4 is 0 Å². The predicted octanol–water partition coefficient (Wildman–Crippen LogP) is 4.50. The van der Waals surface area contributed by atoms with Crippen molar-refractivity contribution in [1.29, 1.82) is 0 Å². The molecule has 0 aromatic heterocycles. The van der Waals surface area contributed by atoms with Crippen molar-refractivity contribution in [3.05, 3.63) is 34.9 Å². The van der Waals surface area contributed by atoms with Gasteiger partial charge in [0.05, 0.1) is 0 Å². The zero-order chi connectivity index (χ0) is 13.9. The Kier molecular flexibility index (Phi) is 4.67. The summed E-state index contributed by atoms with van der Waals surface area (Å²) in [6.07, 6.45) is 6.86. The Hall–Kier alpha value is -0.820. The minimum atomic E-state index is 0.376. The lowest BCUT2D eigenvalue weighted by Crippen LogP contribution is -2.42. The van der Waals surface area contributed by atoms with E-state index in [-0.39, 0.29) is 0 Å². The van der Waals surface area contributed by atoms with Crippen molar-refractivity contribution in [2.45, 2.75) is 71.3 Å². The van der Waals surface area contributed by atoms with Gasteiger partial charge >= 0.3 is 0 Å². The van der Waals surface area contributed by atoms with E-state index in [0.29, 0.717) is 11.5 Å². The molecule has 0 spiro atoms. The predicted molar refractivity (Wildman–Crippen MR) is 83.8 cm³/mol. The molecule has 1 heteroatoms. The molecular formula is C18H29N. The highest BCUT2D eigenvalue weighted by Gasteiger charge is 2.33. The van der Waals surface area contributed by atoms with Crippen molar-refractivity contribution in [2.24, 2.45) is 0 Å². The molecule has 1 aromatic carbocycles. The monoisotopic (exact) mass is 259 g/mol. The highest BCUT2D eigenvalue weighted by molar-refractivity contribution is 5.35. The van der Waals surface area contributed by atoms with Crippen molar-refractivity contribution in [2.75, 3.05) is 6.54 Å². The maximum atomic E-state index is 3.69. The lowest BCUT2D eigenvalue weighted by Gasteiger charge is -2.39. The molecule has 0 saturated heterocycles. The second-order valence-electron chi connectivity index (χ2n) is 6.68. The Morgan fingerprint density at radius 1 is 1.05 bits per heavy atom. The fraction of sp³-hybridized carbons (Fsp3) is 0.667. The lowest BCUT2D eigenvalue weighted by atomic mass is 9.69. The summed E-state index contributed by atoms with van der Waals surface area (Å²) in [6.45, 7) is 10.1. The van der Waals surface area contributed by atoms with Crippen molar-refractivity contribution < 1.29 is 0 Å². The maximum Gasteiger partial charge on any atom is 0.00779 e. The van der Waals surface area contributed by atoms with Crippen LogP contribution in [0.3, 0.4) is 0 Å². The molecule has 19 heavy (non-hydrogen) atoms. The molecule has 1 aliphatic rings. The fourth-order valence-corrected chi connectivity index (χ4v) is 3.27. The Balaban J connectivity index is 2.27. The summed E-state index contributed by atoms with van der Waals surface area (Å²) in [6, 6.07) is 7.68. The van der Waals surface area contributed by atoms with E-state index in [4.69, 9.17) is 0 Å². The van der Waals surface area contributed by atoms with Gasteiger partial charge in [0, 0.05) is 18.0 Å². The zero-order valence-corrected chi connectivity index (χ0v) is 13.1. The molecule has 1 aromatic rings. The quantitative estimate of drug-likeness (QED) is 0.839. The lowest BCUT2D eigenvalue weighted by molar-refractivity contribution is 0.273. The Labute approximate surface area is 118 Å². The molecule has 1 nitrogen and oxygen atoms in total. The first-order chi connectivity index (χ1) is 9.03. The van der Waals surface area contributed by atoms with E-state index in [9.17, 15) is 0 Å². The molecule has 1 aliphatic carbocycles. The second-order valence-corrected chi connectivity index (χ2v) is 6.68. The Morgan fingerprint density at radius 2 is 1.74 bits per heavy atom. The van der Waals surface area contributed by atoms with E-state index in [1.807, 2.05) is 0 Å². The fourth-order valence-electron chi connectivity index (χ4n) is 3.27. The van der Waals surface area contributed by atoms with E-state index in [2.05, 4.69) is 51.2 Å². The van der Waals surface area contributed by atoms with Gasteiger partial charge in [0.15, 0.2) is 0 Å². The average Bonchev–Trinajstić information content (AvgIpc) is 2.40. The molecule has 0 atom stereocenters.